The fourth-order valence-corrected chi connectivity index (χ4v) is 3.97. The molecular weight excluding hydrogens is 424 g/mol. The molecule has 0 heterocycles. The summed E-state index contributed by atoms with van der Waals surface area (Å²) in [5.74, 6) is -0.203. The lowest BCUT2D eigenvalue weighted by Crippen LogP contribution is -2.58. The monoisotopic (exact) mass is 458 g/mol. The van der Waals surface area contributed by atoms with Gasteiger partial charge in [0.05, 0.1) is 6.04 Å². The van der Waals surface area contributed by atoms with Crippen LogP contribution in [0.5, 0.6) is 0 Å². The lowest BCUT2D eigenvalue weighted by atomic mass is 9.91. The number of rotatable bonds is 9. The van der Waals surface area contributed by atoms with E-state index in [1.54, 1.807) is 6.92 Å². The molecule has 0 fully saturated rings. The van der Waals surface area contributed by atoms with Crippen LogP contribution in [-0.2, 0) is 16.0 Å². The second-order valence-electron chi connectivity index (χ2n) is 9.21. The fourth-order valence-electron chi connectivity index (χ4n) is 3.97. The Morgan fingerprint density at radius 1 is 0.794 bits per heavy atom. The number of hydrogen-bond donors (Lipinski definition) is 2. The first-order valence-electron chi connectivity index (χ1n) is 11.7. The van der Waals surface area contributed by atoms with Crippen LogP contribution in [0.3, 0.4) is 0 Å². The molecule has 0 unspecified atom stereocenters. The highest BCUT2D eigenvalue weighted by Gasteiger charge is 2.37. The van der Waals surface area contributed by atoms with Crippen molar-refractivity contribution in [1.82, 2.24) is 10.6 Å². The molecule has 0 aromatic heterocycles. The van der Waals surface area contributed by atoms with E-state index in [0.29, 0.717) is 6.42 Å². The largest absolute Gasteiger partial charge is 0.441 e. The molecule has 34 heavy (non-hydrogen) atoms. The van der Waals surface area contributed by atoms with E-state index in [9.17, 15) is 9.59 Å². The Kier molecular flexibility index (Phi) is 8.47. The van der Waals surface area contributed by atoms with E-state index in [-0.39, 0.29) is 17.9 Å². The van der Waals surface area contributed by atoms with Crippen molar-refractivity contribution in [2.75, 3.05) is 0 Å². The summed E-state index contributed by atoms with van der Waals surface area (Å²) < 4.78 is 5.84. The predicted octanol–water partition coefficient (Wildman–Crippen LogP) is 5.99. The second-order valence-corrected chi connectivity index (χ2v) is 9.21. The SMILES string of the molecule is CC(C)[C@@H](OC(=O)N[C@](C)(Cc1ccccc1)C(=O)N[C@@H](C)c1ccccc1)c1ccccc1. The Morgan fingerprint density at radius 3 is 1.82 bits per heavy atom. The Labute approximate surface area is 202 Å². The van der Waals surface area contributed by atoms with Crippen molar-refractivity contribution in [2.24, 2.45) is 5.92 Å². The molecule has 0 saturated carbocycles. The third-order valence-corrected chi connectivity index (χ3v) is 5.89. The zero-order valence-corrected chi connectivity index (χ0v) is 20.3. The van der Waals surface area contributed by atoms with Crippen LogP contribution < -0.4 is 10.6 Å². The van der Waals surface area contributed by atoms with Crippen molar-refractivity contribution in [3.63, 3.8) is 0 Å². The summed E-state index contributed by atoms with van der Waals surface area (Å²) in [7, 11) is 0. The minimum absolute atomic E-state index is 0.0699. The highest BCUT2D eigenvalue weighted by molar-refractivity contribution is 5.90. The second kappa shape index (κ2) is 11.5. The number of benzene rings is 3. The first-order chi connectivity index (χ1) is 16.3. The average Bonchev–Trinajstić information content (AvgIpc) is 2.84. The molecule has 0 spiro atoms. The van der Waals surface area contributed by atoms with E-state index in [4.69, 9.17) is 4.74 Å². The van der Waals surface area contributed by atoms with Gasteiger partial charge in [-0.1, -0.05) is 105 Å². The van der Waals surface area contributed by atoms with Crippen molar-refractivity contribution in [3.8, 4) is 0 Å². The van der Waals surface area contributed by atoms with Crippen LogP contribution in [0.1, 0.15) is 56.5 Å². The van der Waals surface area contributed by atoms with Crippen LogP contribution in [0.25, 0.3) is 0 Å². The summed E-state index contributed by atoms with van der Waals surface area (Å²) in [6, 6.07) is 28.8. The van der Waals surface area contributed by atoms with Crippen molar-refractivity contribution in [2.45, 2.75) is 51.8 Å². The molecular formula is C29H34N2O3. The van der Waals surface area contributed by atoms with E-state index >= 15 is 0 Å². The Bertz CT molecular complexity index is 1050. The lowest BCUT2D eigenvalue weighted by molar-refractivity contribution is -0.127. The van der Waals surface area contributed by atoms with Gasteiger partial charge in [-0.25, -0.2) is 4.79 Å². The molecule has 3 aromatic rings. The van der Waals surface area contributed by atoms with Gasteiger partial charge in [0.15, 0.2) is 0 Å². The van der Waals surface area contributed by atoms with E-state index in [1.807, 2.05) is 112 Å². The molecule has 0 aliphatic carbocycles. The van der Waals surface area contributed by atoms with Gasteiger partial charge in [-0.15, -0.1) is 0 Å². The number of alkyl carbamates (subject to hydrolysis) is 1. The Balaban J connectivity index is 1.80. The molecule has 2 N–H and O–H groups in total. The minimum Gasteiger partial charge on any atom is -0.441 e. The van der Waals surface area contributed by atoms with Gasteiger partial charge in [-0.05, 0) is 36.5 Å². The highest BCUT2D eigenvalue weighted by atomic mass is 16.6. The fraction of sp³-hybridized carbons (Fsp3) is 0.310. The normalized spacial score (nSPS) is 14.5. The van der Waals surface area contributed by atoms with Crippen molar-refractivity contribution in [3.05, 3.63) is 108 Å². The summed E-state index contributed by atoms with van der Waals surface area (Å²) in [6.07, 6.45) is -0.717. The highest BCUT2D eigenvalue weighted by Crippen LogP contribution is 2.26. The summed E-state index contributed by atoms with van der Waals surface area (Å²) >= 11 is 0. The van der Waals surface area contributed by atoms with Gasteiger partial charge < -0.3 is 15.4 Å². The van der Waals surface area contributed by atoms with E-state index < -0.39 is 17.7 Å². The number of carbonyl (C=O) groups is 2. The Morgan fingerprint density at radius 2 is 1.29 bits per heavy atom. The van der Waals surface area contributed by atoms with Crippen LogP contribution in [-0.4, -0.2) is 17.5 Å². The zero-order valence-electron chi connectivity index (χ0n) is 20.3. The molecule has 178 valence electrons. The summed E-state index contributed by atoms with van der Waals surface area (Å²) in [6.45, 7) is 7.67. The van der Waals surface area contributed by atoms with Gasteiger partial charge in [0, 0.05) is 6.42 Å². The average molecular weight is 459 g/mol. The molecule has 0 bridgehead atoms. The van der Waals surface area contributed by atoms with Crippen LogP contribution in [0.4, 0.5) is 4.79 Å². The zero-order chi connectivity index (χ0) is 24.6. The Hall–Kier alpha value is -3.60. The molecule has 5 nitrogen and oxygen atoms in total. The van der Waals surface area contributed by atoms with Crippen molar-refractivity contribution in [1.29, 1.82) is 0 Å². The maximum Gasteiger partial charge on any atom is 0.408 e. The van der Waals surface area contributed by atoms with E-state index in [2.05, 4.69) is 10.6 Å². The maximum atomic E-state index is 13.5. The maximum absolute atomic E-state index is 13.5. The molecule has 3 aromatic carbocycles. The summed E-state index contributed by atoms with van der Waals surface area (Å²) in [4.78, 5) is 26.6. The van der Waals surface area contributed by atoms with Gasteiger partial charge in [0.1, 0.15) is 11.6 Å². The van der Waals surface area contributed by atoms with Crippen molar-refractivity contribution < 1.29 is 14.3 Å². The van der Waals surface area contributed by atoms with Gasteiger partial charge in [0.25, 0.3) is 0 Å². The predicted molar refractivity (Wildman–Crippen MR) is 135 cm³/mol. The first-order valence-corrected chi connectivity index (χ1v) is 11.7. The number of amides is 2. The van der Waals surface area contributed by atoms with Crippen LogP contribution >= 0.6 is 0 Å². The minimum atomic E-state index is -1.21. The number of nitrogens with one attached hydrogen (secondary N) is 2. The molecule has 5 heteroatoms. The topological polar surface area (TPSA) is 67.4 Å². The molecule has 0 aliphatic rings. The van der Waals surface area contributed by atoms with Gasteiger partial charge >= 0.3 is 6.09 Å². The van der Waals surface area contributed by atoms with Gasteiger partial charge in [-0.3, -0.25) is 4.79 Å². The molecule has 0 radical (unpaired) electrons. The van der Waals surface area contributed by atoms with Crippen LogP contribution in [0, 0.1) is 5.92 Å². The molecule has 2 amide bonds. The standard InChI is InChI=1S/C29H34N2O3/c1-21(2)26(25-18-12-7-13-19-25)34-28(33)31-29(4,20-23-14-8-5-9-15-23)27(32)30-22(3)24-16-10-6-11-17-24/h5-19,21-22,26H,20H2,1-4H3,(H,30,32)(H,31,33)/t22-,26+,29+/m0/s1. The summed E-state index contributed by atoms with van der Waals surface area (Å²) in [5, 5.41) is 5.94. The van der Waals surface area contributed by atoms with Crippen LogP contribution in [0.2, 0.25) is 0 Å². The lowest BCUT2D eigenvalue weighted by Gasteiger charge is -2.32. The van der Waals surface area contributed by atoms with Crippen molar-refractivity contribution >= 4 is 12.0 Å². The van der Waals surface area contributed by atoms with Gasteiger partial charge in [-0.2, -0.15) is 0 Å². The number of hydrogen-bond acceptors (Lipinski definition) is 3. The third-order valence-electron chi connectivity index (χ3n) is 5.89. The number of ether oxygens (including phenoxy) is 1. The third kappa shape index (κ3) is 6.70. The summed E-state index contributed by atoms with van der Waals surface area (Å²) in [5.41, 5.74) is 1.64. The quantitative estimate of drug-likeness (QED) is 0.414. The molecule has 0 saturated heterocycles. The van der Waals surface area contributed by atoms with Crippen LogP contribution in [0.15, 0.2) is 91.0 Å². The number of carbonyl (C=O) groups excluding carboxylic acids is 2. The van der Waals surface area contributed by atoms with E-state index in [1.165, 1.54) is 0 Å². The molecule has 3 atom stereocenters. The first kappa shape index (κ1) is 25.0. The van der Waals surface area contributed by atoms with E-state index in [0.717, 1.165) is 16.7 Å². The van der Waals surface area contributed by atoms with Gasteiger partial charge in [0.2, 0.25) is 5.91 Å². The molecule has 3 rings (SSSR count). The smallest absolute Gasteiger partial charge is 0.408 e. The molecule has 0 aliphatic heterocycles.